The zero-order valence-corrected chi connectivity index (χ0v) is 11.6. The molecule has 0 amide bonds. The third-order valence-corrected chi connectivity index (χ3v) is 4.82. The van der Waals surface area contributed by atoms with E-state index < -0.39 is 0 Å². The molecule has 100 valence electrons. The molecule has 1 heterocycles. The van der Waals surface area contributed by atoms with Crippen LogP contribution in [0.25, 0.3) is 0 Å². The molecule has 1 aliphatic carbocycles. The van der Waals surface area contributed by atoms with Gasteiger partial charge in [0.15, 0.2) is 0 Å². The van der Waals surface area contributed by atoms with Crippen molar-refractivity contribution in [3.8, 4) is 0 Å². The molecule has 1 saturated carbocycles. The summed E-state index contributed by atoms with van der Waals surface area (Å²) in [4.78, 5) is 5.31. The van der Waals surface area contributed by atoms with Crippen molar-refractivity contribution in [2.24, 2.45) is 5.73 Å². The van der Waals surface area contributed by atoms with E-state index in [2.05, 4.69) is 23.8 Å². The number of hydrogen-bond acceptors (Lipinski definition) is 3. The molecule has 1 aliphatic heterocycles. The van der Waals surface area contributed by atoms with Crippen molar-refractivity contribution in [1.29, 1.82) is 0 Å². The van der Waals surface area contributed by atoms with Crippen LogP contribution in [0.3, 0.4) is 0 Å². The Morgan fingerprint density at radius 3 is 2.53 bits per heavy atom. The zero-order chi connectivity index (χ0) is 12.3. The van der Waals surface area contributed by atoms with Crippen LogP contribution in [0.4, 0.5) is 0 Å². The van der Waals surface area contributed by atoms with Crippen molar-refractivity contribution in [1.82, 2.24) is 9.80 Å². The lowest BCUT2D eigenvalue weighted by Gasteiger charge is -2.35. The minimum absolute atomic E-state index is 0.693. The van der Waals surface area contributed by atoms with Crippen LogP contribution in [-0.2, 0) is 0 Å². The maximum absolute atomic E-state index is 5.81. The van der Waals surface area contributed by atoms with Gasteiger partial charge in [0.1, 0.15) is 0 Å². The molecule has 3 heteroatoms. The van der Waals surface area contributed by atoms with Crippen LogP contribution in [0.1, 0.15) is 45.4 Å². The van der Waals surface area contributed by atoms with Gasteiger partial charge in [0.2, 0.25) is 0 Å². The Hall–Kier alpha value is -0.120. The molecule has 0 aromatic carbocycles. The molecule has 0 radical (unpaired) electrons. The SMILES string of the molecule is CC1CCN(C2CCCC2)C(CCN)CN1C. The van der Waals surface area contributed by atoms with Crippen molar-refractivity contribution in [3.63, 3.8) is 0 Å². The van der Waals surface area contributed by atoms with Gasteiger partial charge in [0.05, 0.1) is 0 Å². The van der Waals surface area contributed by atoms with E-state index in [-0.39, 0.29) is 0 Å². The van der Waals surface area contributed by atoms with Gasteiger partial charge < -0.3 is 10.6 Å². The van der Waals surface area contributed by atoms with Crippen molar-refractivity contribution < 1.29 is 0 Å². The van der Waals surface area contributed by atoms with Crippen LogP contribution < -0.4 is 5.73 Å². The molecular formula is C14H29N3. The third kappa shape index (κ3) is 3.21. The number of nitrogens with zero attached hydrogens (tertiary/aromatic N) is 2. The van der Waals surface area contributed by atoms with E-state index in [0.29, 0.717) is 6.04 Å². The molecule has 0 spiro atoms. The summed E-state index contributed by atoms with van der Waals surface area (Å²) in [5.74, 6) is 0. The largest absolute Gasteiger partial charge is 0.330 e. The summed E-state index contributed by atoms with van der Waals surface area (Å²) in [7, 11) is 2.27. The Balaban J connectivity index is 2.03. The molecule has 0 bridgehead atoms. The van der Waals surface area contributed by atoms with E-state index in [1.165, 1.54) is 45.2 Å². The second kappa shape index (κ2) is 6.17. The molecule has 2 aliphatic rings. The molecule has 2 N–H and O–H groups in total. The van der Waals surface area contributed by atoms with Gasteiger partial charge in [-0.15, -0.1) is 0 Å². The van der Waals surface area contributed by atoms with Gasteiger partial charge in [-0.2, -0.15) is 0 Å². The fourth-order valence-electron chi connectivity index (χ4n) is 3.52. The van der Waals surface area contributed by atoms with E-state index in [0.717, 1.165) is 25.0 Å². The third-order valence-electron chi connectivity index (χ3n) is 4.82. The highest BCUT2D eigenvalue weighted by molar-refractivity contribution is 4.88. The normalized spacial score (nSPS) is 34.1. The second-order valence-corrected chi connectivity index (χ2v) is 5.98. The lowest BCUT2D eigenvalue weighted by molar-refractivity contribution is 0.126. The van der Waals surface area contributed by atoms with Gasteiger partial charge in [0.25, 0.3) is 0 Å². The Morgan fingerprint density at radius 1 is 1.18 bits per heavy atom. The highest BCUT2D eigenvalue weighted by Gasteiger charge is 2.32. The Labute approximate surface area is 106 Å². The maximum Gasteiger partial charge on any atom is 0.0238 e. The first-order valence-corrected chi connectivity index (χ1v) is 7.38. The molecule has 17 heavy (non-hydrogen) atoms. The fraction of sp³-hybridized carbons (Fsp3) is 1.00. The molecule has 2 atom stereocenters. The number of nitrogens with two attached hydrogens (primary N) is 1. The van der Waals surface area contributed by atoms with Crippen LogP contribution >= 0.6 is 0 Å². The minimum atomic E-state index is 0.693. The van der Waals surface area contributed by atoms with Crippen LogP contribution in [-0.4, -0.2) is 54.6 Å². The fourth-order valence-corrected chi connectivity index (χ4v) is 3.52. The Kier molecular flexibility index (Phi) is 4.83. The zero-order valence-electron chi connectivity index (χ0n) is 11.6. The Bertz CT molecular complexity index is 226. The van der Waals surface area contributed by atoms with Crippen LogP contribution in [0, 0.1) is 0 Å². The first kappa shape index (κ1) is 13.3. The van der Waals surface area contributed by atoms with Crippen molar-refractivity contribution in [2.45, 2.75) is 63.6 Å². The van der Waals surface area contributed by atoms with Crippen LogP contribution in [0.5, 0.6) is 0 Å². The first-order chi connectivity index (χ1) is 8.22. The summed E-state index contributed by atoms with van der Waals surface area (Å²) in [6.45, 7) is 5.67. The molecule has 2 unspecified atom stereocenters. The monoisotopic (exact) mass is 239 g/mol. The lowest BCUT2D eigenvalue weighted by atomic mass is 10.1. The summed E-state index contributed by atoms with van der Waals surface area (Å²) >= 11 is 0. The summed E-state index contributed by atoms with van der Waals surface area (Å²) < 4.78 is 0. The van der Waals surface area contributed by atoms with Gasteiger partial charge in [-0.25, -0.2) is 0 Å². The number of rotatable bonds is 3. The van der Waals surface area contributed by atoms with Gasteiger partial charge in [-0.05, 0) is 46.2 Å². The van der Waals surface area contributed by atoms with Gasteiger partial charge in [-0.3, -0.25) is 4.90 Å². The minimum Gasteiger partial charge on any atom is -0.330 e. The molecule has 0 aromatic heterocycles. The number of likely N-dealkylation sites (N-methyl/N-ethyl adjacent to an activating group) is 1. The average molecular weight is 239 g/mol. The smallest absolute Gasteiger partial charge is 0.0238 e. The van der Waals surface area contributed by atoms with Crippen LogP contribution in [0.2, 0.25) is 0 Å². The quantitative estimate of drug-likeness (QED) is 0.813. The highest BCUT2D eigenvalue weighted by atomic mass is 15.3. The summed E-state index contributed by atoms with van der Waals surface area (Å²) in [5.41, 5.74) is 5.81. The van der Waals surface area contributed by atoms with Crippen molar-refractivity contribution >= 4 is 0 Å². The predicted molar refractivity (Wildman–Crippen MR) is 73.1 cm³/mol. The summed E-state index contributed by atoms with van der Waals surface area (Å²) in [5, 5.41) is 0. The van der Waals surface area contributed by atoms with Crippen molar-refractivity contribution in [3.05, 3.63) is 0 Å². The molecule has 1 saturated heterocycles. The molecule has 2 fully saturated rings. The van der Waals surface area contributed by atoms with Gasteiger partial charge >= 0.3 is 0 Å². The number of hydrogen-bond donors (Lipinski definition) is 1. The van der Waals surface area contributed by atoms with Gasteiger partial charge in [0, 0.05) is 31.2 Å². The van der Waals surface area contributed by atoms with Crippen LogP contribution in [0.15, 0.2) is 0 Å². The van der Waals surface area contributed by atoms with E-state index >= 15 is 0 Å². The maximum atomic E-state index is 5.81. The van der Waals surface area contributed by atoms with E-state index in [9.17, 15) is 0 Å². The van der Waals surface area contributed by atoms with Gasteiger partial charge in [-0.1, -0.05) is 12.8 Å². The van der Waals surface area contributed by atoms with E-state index in [1.807, 2.05) is 0 Å². The van der Waals surface area contributed by atoms with E-state index in [4.69, 9.17) is 5.73 Å². The van der Waals surface area contributed by atoms with Crippen molar-refractivity contribution in [2.75, 3.05) is 26.7 Å². The first-order valence-electron chi connectivity index (χ1n) is 7.38. The molecule has 3 nitrogen and oxygen atoms in total. The molecular weight excluding hydrogens is 210 g/mol. The predicted octanol–water partition coefficient (Wildman–Crippen LogP) is 1.67. The average Bonchev–Trinajstić information content (AvgIpc) is 2.78. The topological polar surface area (TPSA) is 32.5 Å². The highest BCUT2D eigenvalue weighted by Crippen LogP contribution is 2.28. The molecule has 0 aromatic rings. The van der Waals surface area contributed by atoms with E-state index in [1.54, 1.807) is 0 Å². The lowest BCUT2D eigenvalue weighted by Crippen LogP contribution is -2.46. The standard InChI is InChI=1S/C14H29N3/c1-12-8-10-17(13-5-3-4-6-13)14(7-9-15)11-16(12)2/h12-14H,3-11,15H2,1-2H3. The summed E-state index contributed by atoms with van der Waals surface area (Å²) in [6, 6.07) is 2.27. The second-order valence-electron chi connectivity index (χ2n) is 5.98. The molecule has 2 rings (SSSR count). The summed E-state index contributed by atoms with van der Waals surface area (Å²) in [6.07, 6.45) is 8.17. The Morgan fingerprint density at radius 2 is 1.88 bits per heavy atom.